The van der Waals surface area contributed by atoms with Gasteiger partial charge in [0.2, 0.25) is 0 Å². The molecule has 2 aromatic rings. The summed E-state index contributed by atoms with van der Waals surface area (Å²) in [7, 11) is 1.71. The molecule has 1 heterocycles. The molecule has 1 aromatic carbocycles. The molecule has 0 fully saturated rings. The molecule has 0 unspecified atom stereocenters. The van der Waals surface area contributed by atoms with Crippen LogP contribution in [0.25, 0.3) is 11.4 Å². The average molecular weight is 255 g/mol. The Morgan fingerprint density at radius 2 is 1.94 bits per heavy atom. The fourth-order valence-electron chi connectivity index (χ4n) is 1.80. The molecule has 1 aromatic heterocycles. The second-order valence-electron chi connectivity index (χ2n) is 4.10. The van der Waals surface area contributed by atoms with Crippen LogP contribution in [0.1, 0.15) is 11.1 Å². The first-order chi connectivity index (χ1) is 8.30. The van der Waals surface area contributed by atoms with Crippen molar-refractivity contribution in [1.82, 2.24) is 9.55 Å². The summed E-state index contributed by atoms with van der Waals surface area (Å²) in [5, 5.41) is 0. The van der Waals surface area contributed by atoms with Crippen LogP contribution < -0.4 is 5.73 Å². The number of hydrogen-bond donors (Lipinski definition) is 1. The lowest BCUT2D eigenvalue weighted by atomic mass is 10.0. The Hall–Kier alpha value is -1.98. The maximum Gasteiger partial charge on any atom is 0.416 e. The number of nitrogens with two attached hydrogens (primary N) is 1. The lowest BCUT2D eigenvalue weighted by molar-refractivity contribution is -0.138. The zero-order valence-corrected chi connectivity index (χ0v) is 9.92. The molecule has 0 spiro atoms. The van der Waals surface area contributed by atoms with Gasteiger partial charge in [0.25, 0.3) is 0 Å². The minimum Gasteiger partial charge on any atom is -0.398 e. The molecular weight excluding hydrogens is 243 g/mol. The molecule has 0 saturated carbocycles. The van der Waals surface area contributed by atoms with Crippen molar-refractivity contribution in [2.24, 2.45) is 7.05 Å². The largest absolute Gasteiger partial charge is 0.416 e. The zero-order chi connectivity index (χ0) is 13.5. The van der Waals surface area contributed by atoms with Gasteiger partial charge in [-0.25, -0.2) is 4.98 Å². The van der Waals surface area contributed by atoms with Gasteiger partial charge >= 0.3 is 6.18 Å². The topological polar surface area (TPSA) is 43.8 Å². The number of aromatic nitrogens is 2. The van der Waals surface area contributed by atoms with Crippen molar-refractivity contribution in [2.45, 2.75) is 13.1 Å². The predicted molar refractivity (Wildman–Crippen MR) is 62.8 cm³/mol. The minimum absolute atomic E-state index is 0.0421. The molecular formula is C12H12F3N3. The van der Waals surface area contributed by atoms with Crippen molar-refractivity contribution in [3.8, 4) is 11.4 Å². The van der Waals surface area contributed by atoms with Crippen molar-refractivity contribution in [1.29, 1.82) is 0 Å². The molecule has 2 N–H and O–H groups in total. The molecule has 0 atom stereocenters. The van der Waals surface area contributed by atoms with E-state index in [1.807, 2.05) is 0 Å². The molecule has 96 valence electrons. The summed E-state index contributed by atoms with van der Waals surface area (Å²) in [6, 6.07) is 2.58. The Morgan fingerprint density at radius 1 is 1.28 bits per heavy atom. The van der Waals surface area contributed by atoms with Crippen LogP contribution in [0.15, 0.2) is 24.5 Å². The summed E-state index contributed by atoms with van der Waals surface area (Å²) in [6.07, 6.45) is -1.23. The Kier molecular flexibility index (Phi) is 2.80. The van der Waals surface area contributed by atoms with Crippen molar-refractivity contribution >= 4 is 5.69 Å². The number of nitrogens with zero attached hydrogens (tertiary/aromatic N) is 2. The summed E-state index contributed by atoms with van der Waals surface area (Å²) in [5.74, 6) is 0.451. The number of rotatable bonds is 1. The van der Waals surface area contributed by atoms with E-state index in [1.54, 1.807) is 17.8 Å². The Morgan fingerprint density at radius 3 is 2.44 bits per heavy atom. The summed E-state index contributed by atoms with van der Waals surface area (Å²) < 4.78 is 40.2. The monoisotopic (exact) mass is 255 g/mol. The average Bonchev–Trinajstić information content (AvgIpc) is 2.66. The van der Waals surface area contributed by atoms with Gasteiger partial charge in [0.05, 0.1) is 5.56 Å². The van der Waals surface area contributed by atoms with Crippen molar-refractivity contribution < 1.29 is 13.2 Å². The quantitative estimate of drug-likeness (QED) is 0.796. The van der Waals surface area contributed by atoms with Gasteiger partial charge in [0.1, 0.15) is 5.82 Å². The second kappa shape index (κ2) is 4.04. The van der Waals surface area contributed by atoms with E-state index < -0.39 is 11.7 Å². The van der Waals surface area contributed by atoms with Crippen LogP contribution in [0.2, 0.25) is 0 Å². The van der Waals surface area contributed by atoms with E-state index in [-0.39, 0.29) is 11.3 Å². The highest BCUT2D eigenvalue weighted by atomic mass is 19.4. The first-order valence-electron chi connectivity index (χ1n) is 5.25. The van der Waals surface area contributed by atoms with Gasteiger partial charge in [0.15, 0.2) is 0 Å². The molecule has 0 amide bonds. The van der Waals surface area contributed by atoms with Crippen LogP contribution >= 0.6 is 0 Å². The first kappa shape index (κ1) is 12.5. The van der Waals surface area contributed by atoms with E-state index in [4.69, 9.17) is 5.73 Å². The summed E-state index contributed by atoms with van der Waals surface area (Å²) >= 11 is 0. The predicted octanol–water partition coefficient (Wildman–Crippen LogP) is 3.00. The van der Waals surface area contributed by atoms with Gasteiger partial charge in [-0.05, 0) is 24.6 Å². The highest BCUT2D eigenvalue weighted by Gasteiger charge is 2.33. The third-order valence-electron chi connectivity index (χ3n) is 2.83. The normalized spacial score (nSPS) is 11.8. The standard InChI is InChI=1S/C12H12F3N3/c1-7-9(12(13,14)15)5-8(6-10(7)16)11-17-3-4-18(11)2/h3-6H,16H2,1-2H3. The van der Waals surface area contributed by atoms with Gasteiger partial charge in [-0.3, -0.25) is 0 Å². The summed E-state index contributed by atoms with van der Waals surface area (Å²) in [5.41, 5.74) is 5.43. The smallest absolute Gasteiger partial charge is 0.398 e. The fourth-order valence-corrected chi connectivity index (χ4v) is 1.80. The number of imidazole rings is 1. The molecule has 0 aliphatic heterocycles. The highest BCUT2D eigenvalue weighted by molar-refractivity contribution is 5.67. The van der Waals surface area contributed by atoms with Crippen molar-refractivity contribution in [2.75, 3.05) is 5.73 Å². The van der Waals surface area contributed by atoms with Crippen LogP contribution in [0.5, 0.6) is 0 Å². The minimum atomic E-state index is -4.42. The number of nitrogen functional groups attached to an aromatic ring is 1. The lowest BCUT2D eigenvalue weighted by Crippen LogP contribution is -2.10. The van der Waals surface area contributed by atoms with Crippen LogP contribution in [0.4, 0.5) is 18.9 Å². The van der Waals surface area contributed by atoms with Crippen LogP contribution in [0, 0.1) is 6.92 Å². The zero-order valence-electron chi connectivity index (χ0n) is 9.92. The number of hydrogen-bond acceptors (Lipinski definition) is 2. The summed E-state index contributed by atoms with van der Waals surface area (Å²) in [4.78, 5) is 4.02. The van der Waals surface area contributed by atoms with Gasteiger partial charge in [-0.1, -0.05) is 0 Å². The number of anilines is 1. The van der Waals surface area contributed by atoms with Crippen LogP contribution in [-0.4, -0.2) is 9.55 Å². The van der Waals surface area contributed by atoms with Crippen LogP contribution in [-0.2, 0) is 13.2 Å². The molecule has 0 radical (unpaired) electrons. The highest BCUT2D eigenvalue weighted by Crippen LogP contribution is 2.36. The maximum atomic E-state index is 12.9. The van der Waals surface area contributed by atoms with Gasteiger partial charge in [-0.15, -0.1) is 0 Å². The molecule has 2 rings (SSSR count). The molecule has 6 heteroatoms. The maximum absolute atomic E-state index is 12.9. The number of benzene rings is 1. The Labute approximate surface area is 102 Å². The molecule has 0 saturated heterocycles. The SMILES string of the molecule is Cc1c(N)cc(-c2nccn2C)cc1C(F)(F)F. The molecule has 3 nitrogen and oxygen atoms in total. The van der Waals surface area contributed by atoms with E-state index in [0.29, 0.717) is 11.4 Å². The summed E-state index contributed by atoms with van der Waals surface area (Å²) in [6.45, 7) is 1.36. The van der Waals surface area contributed by atoms with Gasteiger partial charge in [-0.2, -0.15) is 13.2 Å². The molecule has 0 aliphatic carbocycles. The number of alkyl halides is 3. The Bertz CT molecular complexity index is 585. The number of halogens is 3. The van der Waals surface area contributed by atoms with E-state index >= 15 is 0 Å². The van der Waals surface area contributed by atoms with Crippen molar-refractivity contribution in [3.63, 3.8) is 0 Å². The van der Waals surface area contributed by atoms with E-state index in [2.05, 4.69) is 4.98 Å². The van der Waals surface area contributed by atoms with Crippen molar-refractivity contribution in [3.05, 3.63) is 35.7 Å². The van der Waals surface area contributed by atoms with E-state index in [0.717, 1.165) is 6.07 Å². The second-order valence-corrected chi connectivity index (χ2v) is 4.10. The fraction of sp³-hybridized carbons (Fsp3) is 0.250. The van der Waals surface area contributed by atoms with Gasteiger partial charge in [0, 0.05) is 30.7 Å². The third kappa shape index (κ3) is 2.05. The lowest BCUT2D eigenvalue weighted by Gasteiger charge is -2.14. The van der Waals surface area contributed by atoms with E-state index in [9.17, 15) is 13.2 Å². The van der Waals surface area contributed by atoms with Crippen LogP contribution in [0.3, 0.4) is 0 Å². The first-order valence-corrected chi connectivity index (χ1v) is 5.25. The molecule has 18 heavy (non-hydrogen) atoms. The Balaban J connectivity index is 2.66. The molecule has 0 aliphatic rings. The van der Waals surface area contributed by atoms with Gasteiger partial charge < -0.3 is 10.3 Å². The number of aryl methyl sites for hydroxylation is 1. The molecule has 0 bridgehead atoms. The third-order valence-corrected chi connectivity index (χ3v) is 2.83. The van der Waals surface area contributed by atoms with E-state index in [1.165, 1.54) is 19.2 Å².